The maximum absolute atomic E-state index is 13.4. The van der Waals surface area contributed by atoms with E-state index in [0.717, 1.165) is 53.9 Å². The Morgan fingerprint density at radius 1 is 0.830 bits per heavy atom. The lowest BCUT2D eigenvalue weighted by atomic mass is 9.97. The summed E-state index contributed by atoms with van der Waals surface area (Å²) in [6, 6.07) is 10.4. The minimum Gasteiger partial charge on any atom is -0.463 e. The lowest BCUT2D eigenvalue weighted by Gasteiger charge is -2.44. The molecule has 1 aromatic heterocycles. The van der Waals surface area contributed by atoms with Gasteiger partial charge in [0.2, 0.25) is 0 Å². The first-order valence-corrected chi connectivity index (χ1v) is 15.2. The van der Waals surface area contributed by atoms with Crippen LogP contribution < -0.4 is 0 Å². The number of esters is 5. The number of hydrogen-bond donors (Lipinski definition) is 0. The van der Waals surface area contributed by atoms with Crippen LogP contribution in [0, 0.1) is 6.92 Å². The Morgan fingerprint density at radius 3 is 2.13 bits per heavy atom. The van der Waals surface area contributed by atoms with Crippen molar-refractivity contribution < 1.29 is 52.4 Å². The van der Waals surface area contributed by atoms with Crippen molar-refractivity contribution in [2.75, 3.05) is 13.2 Å². The number of ether oxygens (including phenoxy) is 6. The fraction of sp³-hybridized carbons (Fsp3) is 0.485. The van der Waals surface area contributed by atoms with Gasteiger partial charge in [0.25, 0.3) is 0 Å². The van der Waals surface area contributed by atoms with Gasteiger partial charge in [-0.1, -0.05) is 49.4 Å². The molecule has 2 aliphatic carbocycles. The lowest BCUT2D eigenvalue weighted by Crippen LogP contribution is -2.61. The van der Waals surface area contributed by atoms with E-state index in [1.54, 1.807) is 0 Å². The zero-order valence-corrected chi connectivity index (χ0v) is 27.4. The number of rotatable bonds is 11. The SMILES string of the molecule is CC(=O)OC[C@H]1O[C@@H](n2nncc2C(=O)OCCc2ccc(C(C)C)cc3c(C)ccc2-3)[C@@H](OC(C)=O)[C@@H](OC(C)=O)[C@@H]1OC(C)=O. The third kappa shape index (κ3) is 8.50. The van der Waals surface area contributed by atoms with Gasteiger partial charge in [0.15, 0.2) is 30.2 Å². The van der Waals surface area contributed by atoms with Gasteiger partial charge in [-0.15, -0.1) is 5.10 Å². The monoisotopic (exact) mass is 653 g/mol. The van der Waals surface area contributed by atoms with Crippen LogP contribution in [0.15, 0.2) is 36.5 Å². The Morgan fingerprint density at radius 2 is 1.49 bits per heavy atom. The van der Waals surface area contributed by atoms with Crippen molar-refractivity contribution in [2.45, 2.75) is 91.4 Å². The van der Waals surface area contributed by atoms with E-state index >= 15 is 0 Å². The number of fused-ring (bicyclic) bond motifs is 1. The summed E-state index contributed by atoms with van der Waals surface area (Å²) in [4.78, 5) is 61.5. The first-order chi connectivity index (χ1) is 22.3. The highest BCUT2D eigenvalue weighted by Crippen LogP contribution is 2.36. The molecule has 2 heterocycles. The molecule has 3 aliphatic rings. The maximum atomic E-state index is 13.4. The van der Waals surface area contributed by atoms with Gasteiger partial charge in [-0.2, -0.15) is 0 Å². The van der Waals surface area contributed by atoms with Gasteiger partial charge in [0, 0.05) is 34.1 Å². The van der Waals surface area contributed by atoms with E-state index < -0.39 is 67.1 Å². The van der Waals surface area contributed by atoms with E-state index in [1.165, 1.54) is 12.5 Å². The van der Waals surface area contributed by atoms with E-state index in [-0.39, 0.29) is 12.3 Å². The van der Waals surface area contributed by atoms with Crippen molar-refractivity contribution in [3.05, 3.63) is 58.9 Å². The highest BCUT2D eigenvalue weighted by Gasteiger charge is 2.54. The van der Waals surface area contributed by atoms with E-state index in [4.69, 9.17) is 28.4 Å². The number of aromatic nitrogens is 3. The number of nitrogens with zero attached hydrogens (tertiary/aromatic N) is 3. The Hall–Kier alpha value is -4.85. The van der Waals surface area contributed by atoms with Crippen LogP contribution in [0.1, 0.15) is 80.9 Å². The molecule has 4 rings (SSSR count). The second kappa shape index (κ2) is 15.2. The first kappa shape index (κ1) is 35.0. The van der Waals surface area contributed by atoms with Crippen LogP contribution in [-0.2, 0) is 54.0 Å². The standard InChI is InChI=1S/C33H39N3O11/c1-17(2)24-10-9-23(25-11-8-18(3)26(25)14-24)12-13-42-33(41)27-15-34-35-36(27)32-31(46-22(7)40)30(45-21(6)39)29(44-20(5)38)28(47-32)16-43-19(4)37/h8-11,14-15,17,28-32H,12-13,16H2,1-7H3/t28-,29-,30+,31+,32-/m1/s1. The zero-order chi connectivity index (χ0) is 34.4. The van der Waals surface area contributed by atoms with Crippen molar-refractivity contribution >= 4 is 29.8 Å². The smallest absolute Gasteiger partial charge is 0.358 e. The molecule has 1 fully saturated rings. The van der Waals surface area contributed by atoms with Crippen LogP contribution in [0.3, 0.4) is 0 Å². The van der Waals surface area contributed by atoms with Crippen LogP contribution in [0.5, 0.6) is 0 Å². The van der Waals surface area contributed by atoms with E-state index in [2.05, 4.69) is 55.3 Å². The average molecular weight is 654 g/mol. The quantitative estimate of drug-likeness (QED) is 0.218. The van der Waals surface area contributed by atoms with Crippen molar-refractivity contribution in [3.8, 4) is 11.1 Å². The van der Waals surface area contributed by atoms with Crippen LogP contribution in [0.25, 0.3) is 11.1 Å². The van der Waals surface area contributed by atoms with Crippen molar-refractivity contribution in [2.24, 2.45) is 0 Å². The Labute approximate surface area is 271 Å². The van der Waals surface area contributed by atoms with E-state index in [1.807, 2.05) is 6.07 Å². The average Bonchev–Trinajstić information content (AvgIpc) is 3.56. The van der Waals surface area contributed by atoms with Crippen molar-refractivity contribution in [1.82, 2.24) is 15.0 Å². The molecule has 1 saturated heterocycles. The predicted octanol–water partition coefficient (Wildman–Crippen LogP) is 3.47. The van der Waals surface area contributed by atoms with Crippen molar-refractivity contribution in [3.63, 3.8) is 0 Å². The molecule has 1 aliphatic heterocycles. The molecule has 14 nitrogen and oxygen atoms in total. The Kier molecular flexibility index (Phi) is 11.3. The number of aryl methyl sites for hydroxylation is 1. The molecule has 1 aromatic rings. The van der Waals surface area contributed by atoms with Gasteiger partial charge in [-0.05, 0) is 40.7 Å². The second-order valence-corrected chi connectivity index (χ2v) is 11.5. The fourth-order valence-electron chi connectivity index (χ4n) is 5.46. The molecule has 0 unspecified atom stereocenters. The van der Waals surface area contributed by atoms with Gasteiger partial charge >= 0.3 is 29.8 Å². The van der Waals surface area contributed by atoms with Gasteiger partial charge in [0.05, 0.1) is 12.8 Å². The van der Waals surface area contributed by atoms with Crippen LogP contribution in [0.4, 0.5) is 0 Å². The van der Waals surface area contributed by atoms with Crippen LogP contribution in [0.2, 0.25) is 0 Å². The molecule has 5 atom stereocenters. The van der Waals surface area contributed by atoms with E-state index in [9.17, 15) is 24.0 Å². The van der Waals surface area contributed by atoms with Crippen LogP contribution in [-0.4, -0.2) is 82.5 Å². The molecule has 0 saturated carbocycles. The van der Waals surface area contributed by atoms with Crippen molar-refractivity contribution in [1.29, 1.82) is 0 Å². The third-order valence-corrected chi connectivity index (χ3v) is 7.61. The largest absolute Gasteiger partial charge is 0.463 e. The summed E-state index contributed by atoms with van der Waals surface area (Å²) >= 11 is 0. The molecule has 14 heteroatoms. The minimum atomic E-state index is -1.48. The summed E-state index contributed by atoms with van der Waals surface area (Å²) in [6.07, 6.45) is -5.41. The summed E-state index contributed by atoms with van der Waals surface area (Å²) in [7, 11) is 0. The molecule has 0 aromatic carbocycles. The summed E-state index contributed by atoms with van der Waals surface area (Å²) in [5.41, 5.74) is 5.36. The molecular formula is C33H39N3O11. The topological polar surface area (TPSA) is 171 Å². The fourth-order valence-corrected chi connectivity index (χ4v) is 5.46. The minimum absolute atomic E-state index is 0.0168. The Bertz CT molecular complexity index is 1600. The molecule has 252 valence electrons. The third-order valence-electron chi connectivity index (χ3n) is 7.61. The van der Waals surface area contributed by atoms with Crippen LogP contribution >= 0.6 is 0 Å². The lowest BCUT2D eigenvalue weighted by molar-refractivity contribution is -0.270. The normalized spacial score (nSPS) is 20.8. The molecule has 47 heavy (non-hydrogen) atoms. The number of hydrogen-bond acceptors (Lipinski definition) is 13. The van der Waals surface area contributed by atoms with Gasteiger partial charge in [-0.3, -0.25) is 19.2 Å². The number of carbonyl (C=O) groups is 5. The Balaban J connectivity index is 1.62. The molecule has 0 N–H and O–H groups in total. The molecule has 0 bridgehead atoms. The summed E-state index contributed by atoms with van der Waals surface area (Å²) in [5, 5.41) is 7.83. The van der Waals surface area contributed by atoms with Gasteiger partial charge in [-0.25, -0.2) is 9.48 Å². The molecule has 0 radical (unpaired) electrons. The van der Waals surface area contributed by atoms with Gasteiger partial charge in [0.1, 0.15) is 12.7 Å². The van der Waals surface area contributed by atoms with Gasteiger partial charge < -0.3 is 28.4 Å². The van der Waals surface area contributed by atoms with E-state index in [0.29, 0.717) is 12.3 Å². The highest BCUT2D eigenvalue weighted by molar-refractivity contribution is 5.87. The predicted molar refractivity (Wildman–Crippen MR) is 163 cm³/mol. The summed E-state index contributed by atoms with van der Waals surface area (Å²) in [5.74, 6) is -3.50. The highest BCUT2D eigenvalue weighted by atomic mass is 16.7. The zero-order valence-electron chi connectivity index (χ0n) is 27.4. The maximum Gasteiger partial charge on any atom is 0.358 e. The summed E-state index contributed by atoms with van der Waals surface area (Å²) in [6.45, 7) is 10.4. The molecule has 0 amide bonds. The summed E-state index contributed by atoms with van der Waals surface area (Å²) < 4.78 is 34.3. The molecular weight excluding hydrogens is 614 g/mol. The first-order valence-electron chi connectivity index (χ1n) is 15.2. The number of carbonyl (C=O) groups excluding carboxylic acids is 5. The molecule has 0 spiro atoms. The second-order valence-electron chi connectivity index (χ2n) is 11.5.